The summed E-state index contributed by atoms with van der Waals surface area (Å²) in [6.07, 6.45) is 1.59. The standard InChI is InChI=1S/C13H20N2O3/c1-3-9(14)7-8-15-13(17)10-5-4-6-11(18-2)12(10)16/h4-6,9,16H,3,7-8,14H2,1-2H3,(H,15,17). The van der Waals surface area contributed by atoms with E-state index in [1.165, 1.54) is 7.11 Å². The Morgan fingerprint density at radius 2 is 2.28 bits per heavy atom. The van der Waals surface area contributed by atoms with E-state index in [1.54, 1.807) is 18.2 Å². The molecule has 0 aliphatic rings. The van der Waals surface area contributed by atoms with Crippen molar-refractivity contribution in [3.05, 3.63) is 23.8 Å². The Morgan fingerprint density at radius 3 is 2.89 bits per heavy atom. The largest absolute Gasteiger partial charge is 0.504 e. The number of hydrogen-bond acceptors (Lipinski definition) is 4. The smallest absolute Gasteiger partial charge is 0.255 e. The average molecular weight is 252 g/mol. The van der Waals surface area contributed by atoms with Gasteiger partial charge in [0.15, 0.2) is 11.5 Å². The Labute approximate surface area is 107 Å². The fraction of sp³-hybridized carbons (Fsp3) is 0.462. The predicted octanol–water partition coefficient (Wildman–Crippen LogP) is 1.26. The van der Waals surface area contributed by atoms with Gasteiger partial charge in [-0.15, -0.1) is 0 Å². The van der Waals surface area contributed by atoms with E-state index in [-0.39, 0.29) is 29.0 Å². The molecule has 0 saturated carbocycles. The monoisotopic (exact) mass is 252 g/mol. The Hall–Kier alpha value is -1.75. The molecule has 5 heteroatoms. The molecule has 0 aliphatic carbocycles. The van der Waals surface area contributed by atoms with Crippen LogP contribution in [0.5, 0.6) is 11.5 Å². The highest BCUT2D eigenvalue weighted by Crippen LogP contribution is 2.29. The molecule has 1 atom stereocenters. The molecule has 100 valence electrons. The molecule has 4 N–H and O–H groups in total. The fourth-order valence-electron chi connectivity index (χ4n) is 1.54. The molecule has 5 nitrogen and oxygen atoms in total. The van der Waals surface area contributed by atoms with Crippen molar-refractivity contribution in [2.75, 3.05) is 13.7 Å². The number of carbonyl (C=O) groups excluding carboxylic acids is 1. The van der Waals surface area contributed by atoms with E-state index in [1.807, 2.05) is 6.92 Å². The van der Waals surface area contributed by atoms with E-state index >= 15 is 0 Å². The van der Waals surface area contributed by atoms with Crippen LogP contribution in [-0.4, -0.2) is 30.7 Å². The molecule has 1 unspecified atom stereocenters. The molecule has 1 amide bonds. The molecule has 1 rings (SSSR count). The first-order chi connectivity index (χ1) is 8.60. The molecule has 0 heterocycles. The summed E-state index contributed by atoms with van der Waals surface area (Å²) < 4.78 is 4.95. The number of phenols is 1. The van der Waals surface area contributed by atoms with Crippen LogP contribution in [0.3, 0.4) is 0 Å². The molecule has 0 bridgehead atoms. The van der Waals surface area contributed by atoms with Gasteiger partial charge >= 0.3 is 0 Å². The molecule has 0 aliphatic heterocycles. The van der Waals surface area contributed by atoms with Gasteiger partial charge in [0.1, 0.15) is 0 Å². The SMILES string of the molecule is CCC(N)CCNC(=O)c1cccc(OC)c1O. The number of benzene rings is 1. The van der Waals surface area contributed by atoms with Crippen LogP contribution in [0.15, 0.2) is 18.2 Å². The Balaban J connectivity index is 2.62. The zero-order chi connectivity index (χ0) is 13.5. The highest BCUT2D eigenvalue weighted by atomic mass is 16.5. The van der Waals surface area contributed by atoms with Crippen LogP contribution in [0.2, 0.25) is 0 Å². The van der Waals surface area contributed by atoms with Gasteiger partial charge in [-0.1, -0.05) is 13.0 Å². The number of methoxy groups -OCH3 is 1. The Kier molecular flexibility index (Phi) is 5.45. The lowest BCUT2D eigenvalue weighted by atomic mass is 10.1. The lowest BCUT2D eigenvalue weighted by Gasteiger charge is -2.11. The van der Waals surface area contributed by atoms with E-state index in [9.17, 15) is 9.90 Å². The first-order valence-electron chi connectivity index (χ1n) is 5.99. The summed E-state index contributed by atoms with van der Waals surface area (Å²) in [4.78, 5) is 11.8. The highest BCUT2D eigenvalue weighted by Gasteiger charge is 2.14. The number of hydrogen-bond donors (Lipinski definition) is 3. The predicted molar refractivity (Wildman–Crippen MR) is 69.9 cm³/mol. The van der Waals surface area contributed by atoms with Crippen molar-refractivity contribution < 1.29 is 14.6 Å². The molecular weight excluding hydrogens is 232 g/mol. The zero-order valence-corrected chi connectivity index (χ0v) is 10.8. The third-order valence-electron chi connectivity index (χ3n) is 2.79. The molecular formula is C13H20N2O3. The van der Waals surface area contributed by atoms with Gasteiger partial charge in [-0.25, -0.2) is 0 Å². The van der Waals surface area contributed by atoms with Crippen LogP contribution in [0.4, 0.5) is 0 Å². The summed E-state index contributed by atoms with van der Waals surface area (Å²) in [6.45, 7) is 2.49. The number of carbonyl (C=O) groups is 1. The minimum atomic E-state index is -0.324. The van der Waals surface area contributed by atoms with Gasteiger partial charge in [0.25, 0.3) is 5.91 Å². The number of rotatable bonds is 6. The number of para-hydroxylation sites is 1. The number of phenolic OH excluding ortho intramolecular Hbond substituents is 1. The molecule has 0 spiro atoms. The first-order valence-corrected chi connectivity index (χ1v) is 5.99. The van der Waals surface area contributed by atoms with Crippen molar-refractivity contribution in [2.24, 2.45) is 5.73 Å². The van der Waals surface area contributed by atoms with Crippen molar-refractivity contribution in [3.8, 4) is 11.5 Å². The number of amides is 1. The summed E-state index contributed by atoms with van der Waals surface area (Å²) in [5.41, 5.74) is 5.96. The quantitative estimate of drug-likeness (QED) is 0.711. The van der Waals surface area contributed by atoms with Gasteiger partial charge in [0.05, 0.1) is 12.7 Å². The van der Waals surface area contributed by atoms with Crippen LogP contribution < -0.4 is 15.8 Å². The second-order valence-corrected chi connectivity index (χ2v) is 4.07. The van der Waals surface area contributed by atoms with E-state index in [0.29, 0.717) is 13.0 Å². The first kappa shape index (κ1) is 14.3. The van der Waals surface area contributed by atoms with E-state index < -0.39 is 0 Å². The van der Waals surface area contributed by atoms with E-state index in [2.05, 4.69) is 5.32 Å². The van der Waals surface area contributed by atoms with Gasteiger partial charge in [0, 0.05) is 12.6 Å². The van der Waals surface area contributed by atoms with Crippen molar-refractivity contribution >= 4 is 5.91 Å². The van der Waals surface area contributed by atoms with Gasteiger partial charge in [-0.2, -0.15) is 0 Å². The fourth-order valence-corrected chi connectivity index (χ4v) is 1.54. The second-order valence-electron chi connectivity index (χ2n) is 4.07. The Morgan fingerprint density at radius 1 is 1.56 bits per heavy atom. The number of ether oxygens (including phenoxy) is 1. The minimum absolute atomic E-state index is 0.0872. The molecule has 0 aromatic heterocycles. The maximum absolute atomic E-state index is 11.8. The van der Waals surface area contributed by atoms with Gasteiger partial charge in [-0.05, 0) is 25.0 Å². The minimum Gasteiger partial charge on any atom is -0.504 e. The number of nitrogens with two attached hydrogens (primary N) is 1. The molecule has 18 heavy (non-hydrogen) atoms. The van der Waals surface area contributed by atoms with E-state index in [4.69, 9.17) is 10.5 Å². The van der Waals surface area contributed by atoms with Crippen molar-refractivity contribution in [2.45, 2.75) is 25.8 Å². The number of nitrogens with one attached hydrogen (secondary N) is 1. The van der Waals surface area contributed by atoms with Crippen LogP contribution >= 0.6 is 0 Å². The molecule has 0 fully saturated rings. The number of aromatic hydroxyl groups is 1. The summed E-state index contributed by atoms with van der Waals surface area (Å²) in [5.74, 6) is -0.181. The van der Waals surface area contributed by atoms with Crippen LogP contribution in [0.1, 0.15) is 30.1 Å². The summed E-state index contributed by atoms with van der Waals surface area (Å²) in [7, 11) is 1.44. The summed E-state index contributed by atoms with van der Waals surface area (Å²) >= 11 is 0. The second kappa shape index (κ2) is 6.86. The molecule has 0 radical (unpaired) electrons. The lowest BCUT2D eigenvalue weighted by molar-refractivity contribution is 0.0949. The van der Waals surface area contributed by atoms with Crippen LogP contribution in [0, 0.1) is 0 Å². The lowest BCUT2D eigenvalue weighted by Crippen LogP contribution is -2.30. The maximum atomic E-state index is 11.8. The van der Waals surface area contributed by atoms with Crippen molar-refractivity contribution in [1.29, 1.82) is 0 Å². The highest BCUT2D eigenvalue weighted by molar-refractivity contribution is 5.97. The summed E-state index contributed by atoms with van der Waals surface area (Å²) in [6, 6.07) is 4.89. The van der Waals surface area contributed by atoms with Crippen molar-refractivity contribution in [1.82, 2.24) is 5.32 Å². The Bertz CT molecular complexity index is 407. The van der Waals surface area contributed by atoms with Crippen LogP contribution in [0.25, 0.3) is 0 Å². The maximum Gasteiger partial charge on any atom is 0.255 e. The van der Waals surface area contributed by atoms with Crippen molar-refractivity contribution in [3.63, 3.8) is 0 Å². The zero-order valence-electron chi connectivity index (χ0n) is 10.8. The molecule has 1 aromatic rings. The third-order valence-corrected chi connectivity index (χ3v) is 2.79. The van der Waals surface area contributed by atoms with Gasteiger partial charge in [-0.3, -0.25) is 4.79 Å². The van der Waals surface area contributed by atoms with Gasteiger partial charge < -0.3 is 20.9 Å². The van der Waals surface area contributed by atoms with E-state index in [0.717, 1.165) is 6.42 Å². The average Bonchev–Trinajstić information content (AvgIpc) is 2.38. The molecule has 0 saturated heterocycles. The van der Waals surface area contributed by atoms with Crippen LogP contribution in [-0.2, 0) is 0 Å². The molecule has 1 aromatic carbocycles. The summed E-state index contributed by atoms with van der Waals surface area (Å²) in [5, 5.41) is 12.5. The normalized spacial score (nSPS) is 11.9. The third kappa shape index (κ3) is 3.63. The topological polar surface area (TPSA) is 84.6 Å². The van der Waals surface area contributed by atoms with Gasteiger partial charge in [0.2, 0.25) is 0 Å².